The van der Waals surface area contributed by atoms with Crippen molar-refractivity contribution in [2.24, 2.45) is 5.92 Å². The largest absolute Gasteiger partial charge is 0.354 e. The molecule has 2 aromatic carbocycles. The molecule has 0 saturated heterocycles. The fourth-order valence-electron chi connectivity index (χ4n) is 3.32. The van der Waals surface area contributed by atoms with Crippen LogP contribution in [0.1, 0.15) is 52.0 Å². The van der Waals surface area contributed by atoms with Gasteiger partial charge < -0.3 is 5.32 Å². The summed E-state index contributed by atoms with van der Waals surface area (Å²) in [6.07, 6.45) is 5.18. The van der Waals surface area contributed by atoms with Gasteiger partial charge in [-0.15, -0.1) is 0 Å². The summed E-state index contributed by atoms with van der Waals surface area (Å²) in [7, 11) is -3.85. The molecule has 0 fully saturated rings. The van der Waals surface area contributed by atoms with Crippen molar-refractivity contribution in [3.05, 3.63) is 60.2 Å². The van der Waals surface area contributed by atoms with Crippen LogP contribution in [-0.2, 0) is 21.2 Å². The number of nitrogens with zero attached hydrogens (tertiary/aromatic N) is 1. The van der Waals surface area contributed by atoms with Gasteiger partial charge >= 0.3 is 0 Å². The summed E-state index contributed by atoms with van der Waals surface area (Å²) in [5.74, 6) is 0.126. The molecule has 0 aliphatic heterocycles. The minimum absolute atomic E-state index is 0.173. The maximum absolute atomic E-state index is 13.3. The quantitative estimate of drug-likeness (QED) is 0.527. The molecule has 30 heavy (non-hydrogen) atoms. The van der Waals surface area contributed by atoms with Crippen LogP contribution in [0.2, 0.25) is 0 Å². The van der Waals surface area contributed by atoms with Gasteiger partial charge in [-0.25, -0.2) is 8.42 Å². The number of aryl methyl sites for hydroxylation is 1. The lowest BCUT2D eigenvalue weighted by molar-refractivity contribution is -0.119. The molecule has 2 rings (SSSR count). The van der Waals surface area contributed by atoms with Gasteiger partial charge in [-0.3, -0.25) is 9.10 Å². The zero-order valence-corrected chi connectivity index (χ0v) is 19.1. The van der Waals surface area contributed by atoms with E-state index in [-0.39, 0.29) is 17.3 Å². The number of rotatable bonds is 12. The zero-order chi connectivity index (χ0) is 22.0. The normalized spacial score (nSPS) is 12.4. The highest BCUT2D eigenvalue weighted by molar-refractivity contribution is 7.92. The number of sulfonamides is 1. The summed E-state index contributed by atoms with van der Waals surface area (Å²) < 4.78 is 27.8. The van der Waals surface area contributed by atoms with Crippen LogP contribution in [0.25, 0.3) is 0 Å². The SMILES string of the molecule is CCCC[C@H](CC)CNC(=O)CN(c1ccc(CC)cc1)S(=O)(=O)c1ccccc1. The van der Waals surface area contributed by atoms with E-state index in [2.05, 4.69) is 19.2 Å². The zero-order valence-electron chi connectivity index (χ0n) is 18.3. The van der Waals surface area contributed by atoms with Crippen LogP contribution in [0.3, 0.4) is 0 Å². The van der Waals surface area contributed by atoms with Gasteiger partial charge in [0.05, 0.1) is 10.6 Å². The van der Waals surface area contributed by atoms with Crippen molar-refractivity contribution in [2.45, 2.75) is 57.8 Å². The minimum atomic E-state index is -3.85. The van der Waals surface area contributed by atoms with Crippen molar-refractivity contribution in [3.63, 3.8) is 0 Å². The highest BCUT2D eigenvalue weighted by atomic mass is 32.2. The predicted octanol–water partition coefficient (Wildman–Crippen LogP) is 4.78. The Kier molecular flexibility index (Phi) is 9.37. The second-order valence-electron chi connectivity index (χ2n) is 7.57. The van der Waals surface area contributed by atoms with Gasteiger partial charge in [-0.2, -0.15) is 0 Å². The molecule has 0 spiro atoms. The molecule has 0 heterocycles. The van der Waals surface area contributed by atoms with E-state index >= 15 is 0 Å². The van der Waals surface area contributed by atoms with Gasteiger partial charge in [-0.05, 0) is 48.6 Å². The molecule has 164 valence electrons. The summed E-state index contributed by atoms with van der Waals surface area (Å²) in [5.41, 5.74) is 1.60. The van der Waals surface area contributed by atoms with E-state index < -0.39 is 10.0 Å². The standard InChI is InChI=1S/C24H34N2O3S/c1-4-7-11-21(6-3)18-25-24(27)19-26(22-16-14-20(5-2)15-17-22)30(28,29)23-12-9-8-10-13-23/h8-10,12-17,21H,4-7,11,18-19H2,1-3H3,(H,25,27)/t21-/m0/s1. The fourth-order valence-corrected chi connectivity index (χ4v) is 4.76. The third-order valence-corrected chi connectivity index (χ3v) is 7.17. The van der Waals surface area contributed by atoms with Crippen LogP contribution >= 0.6 is 0 Å². The van der Waals surface area contributed by atoms with Crippen LogP contribution in [-0.4, -0.2) is 27.4 Å². The molecule has 6 heteroatoms. The first-order valence-corrected chi connectivity index (χ1v) is 12.3. The fraction of sp³-hybridized carbons (Fsp3) is 0.458. The smallest absolute Gasteiger partial charge is 0.264 e. The minimum Gasteiger partial charge on any atom is -0.354 e. The molecule has 1 N–H and O–H groups in total. The molecular formula is C24H34N2O3S. The Morgan fingerprint density at radius 1 is 1.00 bits per heavy atom. The maximum Gasteiger partial charge on any atom is 0.264 e. The Bertz CT molecular complexity index is 880. The number of carbonyl (C=O) groups is 1. The first-order chi connectivity index (χ1) is 14.4. The highest BCUT2D eigenvalue weighted by Crippen LogP contribution is 2.24. The van der Waals surface area contributed by atoms with Crippen LogP contribution < -0.4 is 9.62 Å². The molecule has 0 radical (unpaired) electrons. The number of benzene rings is 2. The van der Waals surface area contributed by atoms with Crippen molar-refractivity contribution >= 4 is 21.6 Å². The number of hydrogen-bond acceptors (Lipinski definition) is 3. The van der Waals surface area contributed by atoms with Crippen molar-refractivity contribution in [3.8, 4) is 0 Å². The van der Waals surface area contributed by atoms with Crippen LogP contribution in [0, 0.1) is 5.92 Å². The Morgan fingerprint density at radius 2 is 1.67 bits per heavy atom. The lowest BCUT2D eigenvalue weighted by atomic mass is 9.99. The van der Waals surface area contributed by atoms with E-state index in [0.717, 1.165) is 37.7 Å². The molecule has 0 bridgehead atoms. The Morgan fingerprint density at radius 3 is 2.23 bits per heavy atom. The second kappa shape index (κ2) is 11.7. The van der Waals surface area contributed by atoms with Crippen LogP contribution in [0.15, 0.2) is 59.5 Å². The molecule has 0 unspecified atom stereocenters. The van der Waals surface area contributed by atoms with E-state index in [4.69, 9.17) is 0 Å². The lowest BCUT2D eigenvalue weighted by Gasteiger charge is -2.25. The van der Waals surface area contributed by atoms with E-state index in [1.54, 1.807) is 42.5 Å². The average Bonchev–Trinajstić information content (AvgIpc) is 2.78. The first-order valence-electron chi connectivity index (χ1n) is 10.9. The van der Waals surface area contributed by atoms with Crippen molar-refractivity contribution in [2.75, 3.05) is 17.4 Å². The maximum atomic E-state index is 13.3. The molecule has 0 aromatic heterocycles. The number of carbonyl (C=O) groups excluding carboxylic acids is 1. The van der Waals surface area contributed by atoms with Gasteiger partial charge in [0.2, 0.25) is 5.91 Å². The van der Waals surface area contributed by atoms with Crippen molar-refractivity contribution < 1.29 is 13.2 Å². The van der Waals surface area contributed by atoms with Crippen molar-refractivity contribution in [1.29, 1.82) is 0 Å². The number of nitrogens with one attached hydrogen (secondary N) is 1. The van der Waals surface area contributed by atoms with Gasteiger partial charge in [0, 0.05) is 6.54 Å². The Labute approximate surface area is 181 Å². The monoisotopic (exact) mass is 430 g/mol. The summed E-state index contributed by atoms with van der Waals surface area (Å²) in [5, 5.41) is 2.94. The molecule has 0 aliphatic carbocycles. The van der Waals surface area contributed by atoms with Crippen LogP contribution in [0.5, 0.6) is 0 Å². The molecule has 2 aromatic rings. The van der Waals surface area contributed by atoms with Gasteiger partial charge in [0.1, 0.15) is 6.54 Å². The van der Waals surface area contributed by atoms with Gasteiger partial charge in [0.25, 0.3) is 10.0 Å². The molecular weight excluding hydrogens is 396 g/mol. The van der Waals surface area contributed by atoms with Crippen molar-refractivity contribution in [1.82, 2.24) is 5.32 Å². The van der Waals surface area contributed by atoms with E-state index in [0.29, 0.717) is 18.2 Å². The Balaban J connectivity index is 2.22. The number of hydrogen-bond donors (Lipinski definition) is 1. The summed E-state index contributed by atoms with van der Waals surface area (Å²) in [6.45, 7) is 6.65. The summed E-state index contributed by atoms with van der Waals surface area (Å²) in [4.78, 5) is 12.9. The average molecular weight is 431 g/mol. The topological polar surface area (TPSA) is 66.5 Å². The lowest BCUT2D eigenvalue weighted by Crippen LogP contribution is -2.42. The van der Waals surface area contributed by atoms with E-state index in [1.165, 1.54) is 4.31 Å². The molecule has 1 atom stereocenters. The second-order valence-corrected chi connectivity index (χ2v) is 9.43. The molecule has 0 aliphatic rings. The Hall–Kier alpha value is -2.34. The molecule has 0 saturated carbocycles. The van der Waals surface area contributed by atoms with Gasteiger partial charge in [-0.1, -0.05) is 70.4 Å². The third-order valence-electron chi connectivity index (χ3n) is 5.38. The molecule has 1 amide bonds. The summed E-state index contributed by atoms with van der Waals surface area (Å²) >= 11 is 0. The first kappa shape index (κ1) is 23.9. The van der Waals surface area contributed by atoms with Crippen LogP contribution in [0.4, 0.5) is 5.69 Å². The highest BCUT2D eigenvalue weighted by Gasteiger charge is 2.27. The molecule has 5 nitrogen and oxygen atoms in total. The third kappa shape index (κ3) is 6.59. The van der Waals surface area contributed by atoms with E-state index in [1.807, 2.05) is 19.1 Å². The predicted molar refractivity (Wildman–Crippen MR) is 123 cm³/mol. The summed E-state index contributed by atoms with van der Waals surface area (Å²) in [6, 6.07) is 15.6. The number of amides is 1. The number of unbranched alkanes of at least 4 members (excludes halogenated alkanes) is 1. The van der Waals surface area contributed by atoms with Gasteiger partial charge in [0.15, 0.2) is 0 Å². The van der Waals surface area contributed by atoms with E-state index in [9.17, 15) is 13.2 Å². The number of anilines is 1.